The molecular formula is C12H19NO6. The molecule has 2 aliphatic heterocycles. The van der Waals surface area contributed by atoms with Gasteiger partial charge in [-0.15, -0.1) is 0 Å². The van der Waals surface area contributed by atoms with Crippen molar-refractivity contribution >= 4 is 5.94 Å². The number of nitrogens with zero attached hydrogens (tertiary/aromatic N) is 1. The molecule has 7 nitrogen and oxygen atoms in total. The van der Waals surface area contributed by atoms with Gasteiger partial charge in [0.25, 0.3) is 0 Å². The molecule has 0 saturated carbocycles. The predicted molar refractivity (Wildman–Crippen MR) is 63.5 cm³/mol. The van der Waals surface area contributed by atoms with Gasteiger partial charge < -0.3 is 30.1 Å². The van der Waals surface area contributed by atoms with Gasteiger partial charge in [0.1, 0.15) is 36.1 Å². The van der Waals surface area contributed by atoms with E-state index in [9.17, 15) is 25.2 Å². The summed E-state index contributed by atoms with van der Waals surface area (Å²) >= 11 is 0. The topological polar surface area (TPSA) is 110 Å². The van der Waals surface area contributed by atoms with Gasteiger partial charge in [-0.1, -0.05) is 0 Å². The Balaban J connectivity index is 2.09. The fraction of sp³-hybridized carbons (Fsp3) is 0.833. The molecular weight excluding hydrogens is 254 g/mol. The van der Waals surface area contributed by atoms with E-state index < -0.39 is 30.7 Å². The Labute approximate surface area is 110 Å². The van der Waals surface area contributed by atoms with Crippen molar-refractivity contribution < 1.29 is 30.0 Å². The first-order chi connectivity index (χ1) is 9.06. The predicted octanol–water partition coefficient (Wildman–Crippen LogP) is -2.01. The van der Waals surface area contributed by atoms with Crippen molar-refractivity contribution in [3.8, 4) is 0 Å². The minimum atomic E-state index is -1.57. The highest BCUT2D eigenvalue weighted by Gasteiger charge is 2.47. The second-order valence-corrected chi connectivity index (χ2v) is 4.95. The average molecular weight is 273 g/mol. The van der Waals surface area contributed by atoms with Crippen molar-refractivity contribution in [2.24, 2.45) is 0 Å². The van der Waals surface area contributed by atoms with Crippen LogP contribution >= 0.6 is 0 Å². The number of ether oxygens (including phenoxy) is 1. The Morgan fingerprint density at radius 1 is 1.16 bits per heavy atom. The molecule has 0 amide bonds. The van der Waals surface area contributed by atoms with Gasteiger partial charge in [-0.05, 0) is 19.3 Å². The highest BCUT2D eigenvalue weighted by Crippen LogP contribution is 2.26. The van der Waals surface area contributed by atoms with Crippen molar-refractivity contribution in [3.63, 3.8) is 0 Å². The molecule has 5 atom stereocenters. The molecule has 19 heavy (non-hydrogen) atoms. The van der Waals surface area contributed by atoms with Crippen molar-refractivity contribution in [1.82, 2.24) is 4.90 Å². The van der Waals surface area contributed by atoms with Gasteiger partial charge in [0, 0.05) is 13.1 Å². The van der Waals surface area contributed by atoms with Gasteiger partial charge >= 0.3 is 0 Å². The zero-order valence-corrected chi connectivity index (χ0v) is 10.5. The summed E-state index contributed by atoms with van der Waals surface area (Å²) in [4.78, 5) is 12.7. The van der Waals surface area contributed by atoms with E-state index in [4.69, 9.17) is 4.74 Å². The second kappa shape index (κ2) is 6.00. The van der Waals surface area contributed by atoms with Crippen LogP contribution in [0.4, 0.5) is 0 Å². The summed E-state index contributed by atoms with van der Waals surface area (Å²) in [5.41, 5.74) is 0.00468. The summed E-state index contributed by atoms with van der Waals surface area (Å²) in [6.45, 7) is 1.27. The largest absolute Gasteiger partial charge is 0.387 e. The fourth-order valence-electron chi connectivity index (χ4n) is 2.55. The maximum atomic E-state index is 11.0. The van der Waals surface area contributed by atoms with Crippen LogP contribution in [0.5, 0.6) is 0 Å². The van der Waals surface area contributed by atoms with Crippen LogP contribution < -0.4 is 0 Å². The number of aliphatic hydroxyl groups excluding tert-OH is 4. The van der Waals surface area contributed by atoms with Crippen LogP contribution in [-0.2, 0) is 9.53 Å². The van der Waals surface area contributed by atoms with Gasteiger partial charge in [-0.25, -0.2) is 4.79 Å². The van der Waals surface area contributed by atoms with Crippen molar-refractivity contribution in [2.45, 2.75) is 50.0 Å². The minimum absolute atomic E-state index is 0.00468. The van der Waals surface area contributed by atoms with Crippen molar-refractivity contribution in [3.05, 3.63) is 5.70 Å². The minimum Gasteiger partial charge on any atom is -0.387 e. The van der Waals surface area contributed by atoms with Crippen molar-refractivity contribution in [2.75, 3.05) is 13.1 Å². The summed E-state index contributed by atoms with van der Waals surface area (Å²) in [5.74, 6) is 1.69. The number of likely N-dealkylation sites (tertiary alicyclic amines) is 1. The highest BCUT2D eigenvalue weighted by molar-refractivity contribution is 5.53. The maximum absolute atomic E-state index is 11.0. The van der Waals surface area contributed by atoms with Crippen LogP contribution in [0.3, 0.4) is 0 Å². The van der Waals surface area contributed by atoms with Gasteiger partial charge in [-0.3, -0.25) is 0 Å². The molecule has 0 aromatic rings. The first kappa shape index (κ1) is 14.5. The maximum Gasteiger partial charge on any atom is 0.184 e. The summed E-state index contributed by atoms with van der Waals surface area (Å²) in [6.07, 6.45) is -4.26. The standard InChI is InChI=1S/C12H19NO6/c14-6-7(13-4-2-1-3-5-13)8(15)11-9(16)10(17)12(18)19-11/h8-12,15-18H,1-5H2/t8-,9-,10+,11-,12+/m1/s1. The third-order valence-electron chi connectivity index (χ3n) is 3.67. The molecule has 0 aliphatic carbocycles. The third kappa shape index (κ3) is 2.81. The Morgan fingerprint density at radius 2 is 1.79 bits per heavy atom. The molecule has 2 heterocycles. The monoisotopic (exact) mass is 273 g/mol. The van der Waals surface area contributed by atoms with Gasteiger partial charge in [0.2, 0.25) is 0 Å². The zero-order chi connectivity index (χ0) is 14.0. The molecule has 4 N–H and O–H groups in total. The molecule has 2 rings (SSSR count). The van der Waals surface area contributed by atoms with Crippen molar-refractivity contribution in [1.29, 1.82) is 0 Å². The smallest absolute Gasteiger partial charge is 0.184 e. The number of rotatable bonds is 3. The number of hydrogen-bond acceptors (Lipinski definition) is 7. The fourth-order valence-corrected chi connectivity index (χ4v) is 2.55. The lowest BCUT2D eigenvalue weighted by molar-refractivity contribution is -0.143. The summed E-state index contributed by atoms with van der Waals surface area (Å²) < 4.78 is 4.90. The highest BCUT2D eigenvalue weighted by atomic mass is 16.6. The molecule has 2 fully saturated rings. The number of carbonyl (C=O) groups excluding carboxylic acids is 1. The first-order valence-corrected chi connectivity index (χ1v) is 6.44. The van der Waals surface area contributed by atoms with E-state index in [1.807, 2.05) is 0 Å². The van der Waals surface area contributed by atoms with Crippen LogP contribution in [0.2, 0.25) is 0 Å². The Bertz CT molecular complexity index is 363. The van der Waals surface area contributed by atoms with E-state index in [-0.39, 0.29) is 5.70 Å². The molecule has 0 aromatic heterocycles. The lowest BCUT2D eigenvalue weighted by atomic mass is 10.0. The summed E-state index contributed by atoms with van der Waals surface area (Å²) in [6, 6.07) is 0. The number of hydrogen-bond donors (Lipinski definition) is 4. The van der Waals surface area contributed by atoms with Gasteiger partial charge in [0.05, 0.1) is 0 Å². The average Bonchev–Trinajstić information content (AvgIpc) is 2.68. The number of piperidine rings is 1. The van der Waals surface area contributed by atoms with E-state index in [1.54, 1.807) is 10.8 Å². The molecule has 0 spiro atoms. The Hall–Kier alpha value is -0.950. The molecule has 0 aromatic carbocycles. The molecule has 7 heteroatoms. The van der Waals surface area contributed by atoms with Crippen LogP contribution in [-0.4, -0.2) is 75.1 Å². The molecule has 0 bridgehead atoms. The number of aliphatic hydroxyl groups is 4. The Kier molecular flexibility index (Phi) is 4.57. The SMILES string of the molecule is O=C=C([C@@H](O)[C@H]1O[C@H](O)[C@@H](O)[C@H]1O)N1CCCCC1. The van der Waals surface area contributed by atoms with E-state index >= 15 is 0 Å². The van der Waals surface area contributed by atoms with E-state index in [0.717, 1.165) is 19.3 Å². The third-order valence-corrected chi connectivity index (χ3v) is 3.67. The normalized spacial score (nSPS) is 36.9. The molecule has 108 valence electrons. The van der Waals surface area contributed by atoms with E-state index in [1.165, 1.54) is 0 Å². The molecule has 2 aliphatic rings. The van der Waals surface area contributed by atoms with Crippen LogP contribution in [0.25, 0.3) is 0 Å². The Morgan fingerprint density at radius 3 is 2.26 bits per heavy atom. The summed E-state index contributed by atoms with van der Waals surface area (Å²) in [7, 11) is 0. The quantitative estimate of drug-likeness (QED) is 0.440. The molecule has 0 radical (unpaired) electrons. The van der Waals surface area contributed by atoms with E-state index in [2.05, 4.69) is 0 Å². The molecule has 2 saturated heterocycles. The zero-order valence-electron chi connectivity index (χ0n) is 10.5. The van der Waals surface area contributed by atoms with Crippen LogP contribution in [0, 0.1) is 0 Å². The van der Waals surface area contributed by atoms with Crippen LogP contribution in [0.1, 0.15) is 19.3 Å². The first-order valence-electron chi connectivity index (χ1n) is 6.44. The molecule has 0 unspecified atom stereocenters. The lowest BCUT2D eigenvalue weighted by Crippen LogP contribution is -2.45. The van der Waals surface area contributed by atoms with Gasteiger partial charge in [0.15, 0.2) is 6.29 Å². The van der Waals surface area contributed by atoms with Gasteiger partial charge in [-0.2, -0.15) is 0 Å². The van der Waals surface area contributed by atoms with E-state index in [0.29, 0.717) is 13.1 Å². The second-order valence-electron chi connectivity index (χ2n) is 4.95. The van der Waals surface area contributed by atoms with Crippen LogP contribution in [0.15, 0.2) is 5.70 Å². The lowest BCUT2D eigenvalue weighted by Gasteiger charge is -2.33. The summed E-state index contributed by atoms with van der Waals surface area (Å²) in [5, 5.41) is 38.5.